The van der Waals surface area contributed by atoms with Crippen molar-refractivity contribution in [2.45, 2.75) is 50.8 Å². The Hall–Kier alpha value is -1.10. The van der Waals surface area contributed by atoms with Crippen LogP contribution in [0.4, 0.5) is 0 Å². The first kappa shape index (κ1) is 12.0. The SMILES string of the molecule is CC(=O)N1C[C@@H](C(=O)NC2CC2)C[C@H]2OCC[C@H]21. The molecule has 2 amide bonds. The van der Waals surface area contributed by atoms with Crippen molar-refractivity contribution < 1.29 is 14.3 Å². The molecule has 0 radical (unpaired) electrons. The number of piperidine rings is 1. The average Bonchev–Trinajstić information content (AvgIpc) is 3.02. The number of amides is 2. The Labute approximate surface area is 107 Å². The van der Waals surface area contributed by atoms with E-state index in [9.17, 15) is 9.59 Å². The van der Waals surface area contributed by atoms with E-state index in [1.165, 1.54) is 0 Å². The molecule has 1 saturated carbocycles. The third kappa shape index (κ3) is 2.23. The monoisotopic (exact) mass is 252 g/mol. The van der Waals surface area contributed by atoms with E-state index in [0.717, 1.165) is 25.7 Å². The third-order valence-electron chi connectivity index (χ3n) is 4.21. The number of hydrogen-bond acceptors (Lipinski definition) is 3. The molecule has 18 heavy (non-hydrogen) atoms. The van der Waals surface area contributed by atoms with Gasteiger partial charge in [-0.15, -0.1) is 0 Å². The van der Waals surface area contributed by atoms with Crippen LogP contribution in [-0.2, 0) is 14.3 Å². The van der Waals surface area contributed by atoms with Crippen molar-refractivity contribution in [1.29, 1.82) is 0 Å². The summed E-state index contributed by atoms with van der Waals surface area (Å²) in [6, 6.07) is 0.568. The van der Waals surface area contributed by atoms with Crippen molar-refractivity contribution in [1.82, 2.24) is 10.2 Å². The Kier molecular flexibility index (Phi) is 3.01. The first-order chi connectivity index (χ1) is 8.65. The number of rotatable bonds is 2. The molecule has 0 bridgehead atoms. The molecule has 3 aliphatic rings. The van der Waals surface area contributed by atoms with E-state index in [-0.39, 0.29) is 29.9 Å². The van der Waals surface area contributed by atoms with Gasteiger partial charge >= 0.3 is 0 Å². The van der Waals surface area contributed by atoms with Gasteiger partial charge in [0.1, 0.15) is 0 Å². The van der Waals surface area contributed by atoms with E-state index in [1.807, 2.05) is 4.90 Å². The van der Waals surface area contributed by atoms with E-state index in [2.05, 4.69) is 5.32 Å². The largest absolute Gasteiger partial charge is 0.376 e. The molecule has 1 N–H and O–H groups in total. The highest BCUT2D eigenvalue weighted by atomic mass is 16.5. The number of nitrogens with one attached hydrogen (secondary N) is 1. The number of nitrogens with zero attached hydrogens (tertiary/aromatic N) is 1. The lowest BCUT2D eigenvalue weighted by molar-refractivity contribution is -0.140. The molecule has 100 valence electrons. The molecule has 2 heterocycles. The Morgan fingerprint density at radius 1 is 1.28 bits per heavy atom. The molecule has 2 saturated heterocycles. The number of fused-ring (bicyclic) bond motifs is 1. The predicted octanol–water partition coefficient (Wildman–Crippen LogP) is 0.291. The van der Waals surface area contributed by atoms with Crippen LogP contribution in [0.15, 0.2) is 0 Å². The third-order valence-corrected chi connectivity index (χ3v) is 4.21. The maximum absolute atomic E-state index is 12.1. The normalized spacial score (nSPS) is 35.2. The summed E-state index contributed by atoms with van der Waals surface area (Å²) in [5.74, 6) is 0.0472. The first-order valence-electron chi connectivity index (χ1n) is 6.84. The molecule has 3 fully saturated rings. The molecule has 0 aromatic heterocycles. The predicted molar refractivity (Wildman–Crippen MR) is 64.8 cm³/mol. The van der Waals surface area contributed by atoms with Crippen LogP contribution >= 0.6 is 0 Å². The van der Waals surface area contributed by atoms with Crippen molar-refractivity contribution in [3.05, 3.63) is 0 Å². The van der Waals surface area contributed by atoms with Gasteiger partial charge in [-0.2, -0.15) is 0 Å². The average molecular weight is 252 g/mol. The second-order valence-corrected chi connectivity index (χ2v) is 5.65. The van der Waals surface area contributed by atoms with Gasteiger partial charge in [0.15, 0.2) is 0 Å². The minimum atomic E-state index is -0.103. The van der Waals surface area contributed by atoms with Crippen molar-refractivity contribution in [2.75, 3.05) is 13.2 Å². The summed E-state index contributed by atoms with van der Waals surface area (Å²) >= 11 is 0. The molecule has 1 aliphatic carbocycles. The fraction of sp³-hybridized carbons (Fsp3) is 0.846. The molecule has 0 aromatic carbocycles. The Morgan fingerprint density at radius 2 is 2.06 bits per heavy atom. The van der Waals surface area contributed by atoms with Crippen LogP contribution in [0.5, 0.6) is 0 Å². The smallest absolute Gasteiger partial charge is 0.225 e. The standard InChI is InChI=1S/C13H20N2O3/c1-8(16)15-7-9(13(17)14-10-2-3-10)6-12-11(15)4-5-18-12/h9-12H,2-7H2,1H3,(H,14,17)/t9-,11+,12+/m0/s1. The van der Waals surface area contributed by atoms with Gasteiger partial charge in [-0.3, -0.25) is 9.59 Å². The topological polar surface area (TPSA) is 58.6 Å². The lowest BCUT2D eigenvalue weighted by atomic mass is 9.89. The maximum Gasteiger partial charge on any atom is 0.225 e. The van der Waals surface area contributed by atoms with Crippen molar-refractivity contribution in [2.24, 2.45) is 5.92 Å². The lowest BCUT2D eigenvalue weighted by Crippen LogP contribution is -2.54. The van der Waals surface area contributed by atoms with Crippen molar-refractivity contribution in [3.63, 3.8) is 0 Å². The Bertz CT molecular complexity index is 367. The van der Waals surface area contributed by atoms with Crippen molar-refractivity contribution in [3.8, 4) is 0 Å². The van der Waals surface area contributed by atoms with E-state index in [0.29, 0.717) is 19.2 Å². The van der Waals surface area contributed by atoms with E-state index >= 15 is 0 Å². The molecule has 5 nitrogen and oxygen atoms in total. The van der Waals surface area contributed by atoms with Gasteiger partial charge in [0.25, 0.3) is 0 Å². The molecule has 2 aliphatic heterocycles. The fourth-order valence-electron chi connectivity index (χ4n) is 3.05. The molecule has 0 spiro atoms. The molecule has 5 heteroatoms. The highest BCUT2D eigenvalue weighted by Crippen LogP contribution is 2.32. The number of carbonyl (C=O) groups is 2. The summed E-state index contributed by atoms with van der Waals surface area (Å²) in [5, 5.41) is 3.03. The lowest BCUT2D eigenvalue weighted by Gasteiger charge is -2.39. The van der Waals surface area contributed by atoms with Gasteiger partial charge in [0.2, 0.25) is 11.8 Å². The molecule has 0 aromatic rings. The highest BCUT2D eigenvalue weighted by molar-refractivity contribution is 5.81. The second-order valence-electron chi connectivity index (χ2n) is 5.65. The Balaban J connectivity index is 1.68. The van der Waals surface area contributed by atoms with Gasteiger partial charge in [0, 0.05) is 26.1 Å². The van der Waals surface area contributed by atoms with Crippen molar-refractivity contribution >= 4 is 11.8 Å². The minimum absolute atomic E-state index is 0.0533. The van der Waals surface area contributed by atoms with Gasteiger partial charge in [-0.25, -0.2) is 0 Å². The van der Waals surface area contributed by atoms with E-state index < -0.39 is 0 Å². The first-order valence-corrected chi connectivity index (χ1v) is 6.84. The fourth-order valence-corrected chi connectivity index (χ4v) is 3.05. The van der Waals surface area contributed by atoms with Crippen LogP contribution in [0.1, 0.15) is 32.6 Å². The van der Waals surface area contributed by atoms with Crippen LogP contribution in [0.25, 0.3) is 0 Å². The number of likely N-dealkylation sites (tertiary alicyclic amines) is 1. The van der Waals surface area contributed by atoms with Crippen LogP contribution in [0.3, 0.4) is 0 Å². The minimum Gasteiger partial charge on any atom is -0.376 e. The van der Waals surface area contributed by atoms with Crippen LogP contribution in [0.2, 0.25) is 0 Å². The summed E-state index contributed by atoms with van der Waals surface area (Å²) in [4.78, 5) is 25.6. The summed E-state index contributed by atoms with van der Waals surface area (Å²) in [5.41, 5.74) is 0. The zero-order valence-electron chi connectivity index (χ0n) is 10.7. The summed E-state index contributed by atoms with van der Waals surface area (Å²) < 4.78 is 5.66. The van der Waals surface area contributed by atoms with Crippen LogP contribution in [-0.4, -0.2) is 48.1 Å². The summed E-state index contributed by atoms with van der Waals surface area (Å²) in [6.45, 7) is 2.84. The van der Waals surface area contributed by atoms with Gasteiger partial charge in [-0.05, 0) is 25.7 Å². The zero-order valence-corrected chi connectivity index (χ0v) is 10.7. The molecule has 3 atom stereocenters. The molecular weight excluding hydrogens is 232 g/mol. The van der Waals surface area contributed by atoms with Gasteiger partial charge in [-0.1, -0.05) is 0 Å². The number of ether oxygens (including phenoxy) is 1. The maximum atomic E-state index is 12.1. The van der Waals surface area contributed by atoms with Crippen LogP contribution < -0.4 is 5.32 Å². The van der Waals surface area contributed by atoms with Gasteiger partial charge < -0.3 is 15.0 Å². The molecule has 0 unspecified atom stereocenters. The molecule has 3 rings (SSSR count). The van der Waals surface area contributed by atoms with Crippen LogP contribution in [0, 0.1) is 5.92 Å². The quantitative estimate of drug-likeness (QED) is 0.768. The van der Waals surface area contributed by atoms with E-state index in [1.54, 1.807) is 6.92 Å². The van der Waals surface area contributed by atoms with Gasteiger partial charge in [0.05, 0.1) is 18.1 Å². The molecular formula is C13H20N2O3. The zero-order chi connectivity index (χ0) is 12.7. The summed E-state index contributed by atoms with van der Waals surface area (Å²) in [6.07, 6.45) is 3.90. The number of carbonyl (C=O) groups excluding carboxylic acids is 2. The second kappa shape index (κ2) is 4.53. The highest BCUT2D eigenvalue weighted by Gasteiger charge is 2.43. The summed E-state index contributed by atoms with van der Waals surface area (Å²) in [7, 11) is 0. The van der Waals surface area contributed by atoms with E-state index in [4.69, 9.17) is 4.74 Å². The Morgan fingerprint density at radius 3 is 2.72 bits per heavy atom. The number of hydrogen-bond donors (Lipinski definition) is 1.